The second-order valence-electron chi connectivity index (χ2n) is 7.65. The highest BCUT2D eigenvalue weighted by atomic mass is 28.3. The number of hydrogen-bond donors (Lipinski definition) is 0. The van der Waals surface area contributed by atoms with Crippen LogP contribution in [0.5, 0.6) is 0 Å². The molecule has 0 bridgehead atoms. The minimum Gasteiger partial charge on any atom is -0.618 e. The number of nitrogens with zero attached hydrogens (tertiary/aromatic N) is 3. The highest BCUT2D eigenvalue weighted by Crippen LogP contribution is 2.24. The van der Waals surface area contributed by atoms with Crippen molar-refractivity contribution in [2.45, 2.75) is 45.9 Å². The van der Waals surface area contributed by atoms with Crippen LogP contribution in [-0.4, -0.2) is 30.8 Å². The van der Waals surface area contributed by atoms with Gasteiger partial charge in [0.25, 0.3) is 0 Å². The molecule has 0 aliphatic rings. The van der Waals surface area contributed by atoms with E-state index in [4.69, 9.17) is 9.47 Å². The van der Waals surface area contributed by atoms with Crippen LogP contribution in [0.1, 0.15) is 12.7 Å². The number of hydrogen-bond acceptors (Lipinski definition) is 4. The minimum atomic E-state index is -1.14. The molecule has 0 amide bonds. The van der Waals surface area contributed by atoms with E-state index in [9.17, 15) is 5.21 Å². The van der Waals surface area contributed by atoms with Gasteiger partial charge in [0.05, 0.1) is 10.9 Å². The summed E-state index contributed by atoms with van der Waals surface area (Å²) >= 11 is 0. The molecule has 0 saturated heterocycles. The van der Waals surface area contributed by atoms with Crippen LogP contribution in [0.15, 0.2) is 30.5 Å². The Balaban J connectivity index is 2.00. The van der Waals surface area contributed by atoms with Gasteiger partial charge in [0.2, 0.25) is 11.7 Å². The lowest BCUT2D eigenvalue weighted by Gasteiger charge is -2.16. The molecular formula is C19H27N3O3Si. The van der Waals surface area contributed by atoms with Crippen molar-refractivity contribution in [2.75, 3.05) is 13.2 Å². The summed E-state index contributed by atoms with van der Waals surface area (Å²) in [6.07, 6.45) is 1.53. The van der Waals surface area contributed by atoms with Crippen LogP contribution in [-0.2, 0) is 22.8 Å². The molecule has 7 heteroatoms. The predicted molar refractivity (Wildman–Crippen MR) is 106 cm³/mol. The Morgan fingerprint density at radius 3 is 2.69 bits per heavy atom. The van der Waals surface area contributed by atoms with Crippen LogP contribution in [0.4, 0.5) is 0 Å². The normalized spacial score (nSPS) is 12.3. The molecule has 140 valence electrons. The van der Waals surface area contributed by atoms with E-state index in [2.05, 4.69) is 24.6 Å². The van der Waals surface area contributed by atoms with E-state index in [-0.39, 0.29) is 0 Å². The zero-order chi connectivity index (χ0) is 18.7. The van der Waals surface area contributed by atoms with Crippen LogP contribution in [0.25, 0.3) is 21.9 Å². The van der Waals surface area contributed by atoms with E-state index in [1.807, 2.05) is 35.8 Å². The highest BCUT2D eigenvalue weighted by molar-refractivity contribution is 6.76. The van der Waals surface area contributed by atoms with Gasteiger partial charge in [0.15, 0.2) is 5.52 Å². The van der Waals surface area contributed by atoms with Crippen molar-refractivity contribution >= 4 is 30.0 Å². The van der Waals surface area contributed by atoms with E-state index in [0.717, 1.165) is 34.1 Å². The highest BCUT2D eigenvalue weighted by Gasteiger charge is 2.19. The molecule has 6 nitrogen and oxygen atoms in total. The lowest BCUT2D eigenvalue weighted by Crippen LogP contribution is -2.26. The Hall–Kier alpha value is -1.96. The summed E-state index contributed by atoms with van der Waals surface area (Å²) in [6, 6.07) is 8.70. The van der Waals surface area contributed by atoms with Crippen molar-refractivity contribution in [3.63, 3.8) is 0 Å². The van der Waals surface area contributed by atoms with Crippen LogP contribution in [0.2, 0.25) is 25.7 Å². The predicted octanol–water partition coefficient (Wildman–Crippen LogP) is 3.67. The van der Waals surface area contributed by atoms with Crippen molar-refractivity contribution in [1.82, 2.24) is 9.55 Å². The number of benzene rings is 1. The second-order valence-corrected chi connectivity index (χ2v) is 13.3. The first-order chi connectivity index (χ1) is 12.4. The van der Waals surface area contributed by atoms with Crippen molar-refractivity contribution < 1.29 is 14.2 Å². The first-order valence-corrected chi connectivity index (χ1v) is 12.8. The summed E-state index contributed by atoms with van der Waals surface area (Å²) in [5.41, 5.74) is 2.23. The maximum atomic E-state index is 12.3. The third-order valence-electron chi connectivity index (χ3n) is 4.36. The number of aromatic nitrogens is 3. The fraction of sp³-hybridized carbons (Fsp3) is 0.474. The molecule has 0 spiro atoms. The van der Waals surface area contributed by atoms with Crippen LogP contribution in [0, 0.1) is 5.21 Å². The fourth-order valence-electron chi connectivity index (χ4n) is 2.92. The number of rotatable bonds is 8. The van der Waals surface area contributed by atoms with Gasteiger partial charge < -0.3 is 19.2 Å². The van der Waals surface area contributed by atoms with E-state index in [1.165, 1.54) is 6.20 Å². The molecule has 0 saturated carbocycles. The monoisotopic (exact) mass is 373 g/mol. The Morgan fingerprint density at radius 2 is 1.96 bits per heavy atom. The molecule has 0 atom stereocenters. The van der Waals surface area contributed by atoms with Gasteiger partial charge in [0.1, 0.15) is 19.2 Å². The summed E-state index contributed by atoms with van der Waals surface area (Å²) in [4.78, 5) is 4.63. The summed E-state index contributed by atoms with van der Waals surface area (Å²) in [5, 5.41) is 13.2. The van der Waals surface area contributed by atoms with E-state index < -0.39 is 8.07 Å². The van der Waals surface area contributed by atoms with Crippen LogP contribution in [0.3, 0.4) is 0 Å². The van der Waals surface area contributed by atoms with E-state index in [1.54, 1.807) is 0 Å². The average molecular weight is 374 g/mol. The molecule has 0 aliphatic carbocycles. The number of fused-ring (bicyclic) bond motifs is 3. The van der Waals surface area contributed by atoms with Gasteiger partial charge in [-0.15, -0.1) is 0 Å². The zero-order valence-corrected chi connectivity index (χ0v) is 17.0. The molecule has 3 rings (SSSR count). The first kappa shape index (κ1) is 18.8. The Morgan fingerprint density at radius 1 is 1.19 bits per heavy atom. The first-order valence-electron chi connectivity index (χ1n) is 9.06. The maximum Gasteiger partial charge on any atom is 0.226 e. The van der Waals surface area contributed by atoms with Gasteiger partial charge in [-0.05, 0) is 19.0 Å². The van der Waals surface area contributed by atoms with Gasteiger partial charge in [-0.25, -0.2) is 4.98 Å². The van der Waals surface area contributed by atoms with Gasteiger partial charge in [0, 0.05) is 27.4 Å². The lowest BCUT2D eigenvalue weighted by atomic mass is 10.2. The molecule has 0 N–H and O–H groups in total. The Bertz CT molecular complexity index is 902. The molecule has 0 aliphatic heterocycles. The Kier molecular flexibility index (Phi) is 5.60. The smallest absolute Gasteiger partial charge is 0.226 e. The Labute approximate surface area is 155 Å². The van der Waals surface area contributed by atoms with Gasteiger partial charge in [-0.1, -0.05) is 31.8 Å². The number of ether oxygens (including phenoxy) is 2. The second kappa shape index (κ2) is 7.73. The van der Waals surface area contributed by atoms with Gasteiger partial charge in [-0.2, -0.15) is 4.73 Å². The maximum absolute atomic E-state index is 12.3. The standard InChI is InChI=1S/C19H27N3O3Si/c1-5-24-13-18-20-16-12-22(23)17-9-7-6-8-15(17)19(16)21(18)14-25-10-11-26(2,3)4/h6-9,12H,5,10-11,13-14H2,1-4H3. The van der Waals surface area contributed by atoms with Crippen molar-refractivity contribution in [3.05, 3.63) is 41.5 Å². The zero-order valence-electron chi connectivity index (χ0n) is 16.0. The summed E-state index contributed by atoms with van der Waals surface area (Å²) in [5.74, 6) is 0.784. The minimum absolute atomic E-state index is 0.399. The van der Waals surface area contributed by atoms with Crippen molar-refractivity contribution in [1.29, 1.82) is 0 Å². The third kappa shape index (κ3) is 4.06. The quantitative estimate of drug-likeness (QED) is 0.262. The van der Waals surface area contributed by atoms with E-state index in [0.29, 0.717) is 31.0 Å². The molecule has 2 heterocycles. The molecule has 0 unspecified atom stereocenters. The third-order valence-corrected chi connectivity index (χ3v) is 6.07. The van der Waals surface area contributed by atoms with Crippen LogP contribution >= 0.6 is 0 Å². The molecule has 0 radical (unpaired) electrons. The van der Waals surface area contributed by atoms with Crippen LogP contribution < -0.4 is 4.73 Å². The van der Waals surface area contributed by atoms with Crippen molar-refractivity contribution in [3.8, 4) is 0 Å². The number of pyridine rings is 1. The molecule has 26 heavy (non-hydrogen) atoms. The summed E-state index contributed by atoms with van der Waals surface area (Å²) < 4.78 is 14.5. The number of imidazole rings is 1. The van der Waals surface area contributed by atoms with Gasteiger partial charge in [-0.3, -0.25) is 0 Å². The summed E-state index contributed by atoms with van der Waals surface area (Å²) in [7, 11) is -1.14. The lowest BCUT2D eigenvalue weighted by molar-refractivity contribution is -0.575. The van der Waals surface area contributed by atoms with Gasteiger partial charge >= 0.3 is 0 Å². The SMILES string of the molecule is CCOCc1nc2c[n+]([O-])c3ccccc3c2n1COCC[Si](C)(C)C. The van der Waals surface area contributed by atoms with E-state index >= 15 is 0 Å². The molecular weight excluding hydrogens is 346 g/mol. The number of para-hydroxylation sites is 1. The summed E-state index contributed by atoms with van der Waals surface area (Å²) in [6.45, 7) is 11.1. The molecule has 2 aromatic heterocycles. The molecule has 3 aromatic rings. The largest absolute Gasteiger partial charge is 0.618 e. The molecule has 1 aromatic carbocycles. The molecule has 0 fully saturated rings. The topological polar surface area (TPSA) is 63.2 Å². The average Bonchev–Trinajstić information content (AvgIpc) is 2.93. The fourth-order valence-corrected chi connectivity index (χ4v) is 3.67. The van der Waals surface area contributed by atoms with Crippen molar-refractivity contribution in [2.24, 2.45) is 0 Å².